The van der Waals surface area contributed by atoms with Gasteiger partial charge in [0, 0.05) is 22.7 Å². The van der Waals surface area contributed by atoms with Crippen molar-refractivity contribution < 1.29 is 57.9 Å². The molecule has 43 heavy (non-hydrogen) atoms. The van der Waals surface area contributed by atoms with Crippen molar-refractivity contribution in [3.05, 3.63) is 91.4 Å². The van der Waals surface area contributed by atoms with Gasteiger partial charge >= 0.3 is 24.2 Å². The van der Waals surface area contributed by atoms with Gasteiger partial charge in [-0.1, -0.05) is 27.5 Å². The molecule has 0 bridgehead atoms. The van der Waals surface area contributed by atoms with E-state index in [-0.39, 0.29) is 16.8 Å². The molecule has 0 radical (unpaired) electrons. The SMILES string of the molecule is N#Cc1ccc(C(=O)Cc2c(Br)cc(C(F)(C(F)(F)F)C(F)(F)F)cc2C(F)(F)F)c(F)c1NC(=O)c1ccc(Cl)nc1. The van der Waals surface area contributed by atoms with Crippen LogP contribution in [-0.4, -0.2) is 29.0 Å². The first-order valence-electron chi connectivity index (χ1n) is 11.0. The van der Waals surface area contributed by atoms with Gasteiger partial charge in [0.1, 0.15) is 11.2 Å². The van der Waals surface area contributed by atoms with E-state index >= 15 is 4.39 Å². The number of pyridine rings is 1. The van der Waals surface area contributed by atoms with Crippen molar-refractivity contribution in [2.45, 2.75) is 30.6 Å². The van der Waals surface area contributed by atoms with Crippen LogP contribution < -0.4 is 5.32 Å². The minimum Gasteiger partial charge on any atom is -0.318 e. The molecule has 0 unspecified atom stereocenters. The summed E-state index contributed by atoms with van der Waals surface area (Å²) in [5, 5.41) is 11.3. The van der Waals surface area contributed by atoms with Gasteiger partial charge in [-0.3, -0.25) is 9.59 Å². The maximum absolute atomic E-state index is 15.4. The average Bonchev–Trinajstić information content (AvgIpc) is 2.88. The van der Waals surface area contributed by atoms with Crippen molar-refractivity contribution in [2.24, 2.45) is 0 Å². The van der Waals surface area contributed by atoms with E-state index in [1.807, 2.05) is 5.32 Å². The Bertz CT molecular complexity index is 1620. The second-order valence-corrected chi connectivity index (χ2v) is 9.76. The molecule has 0 saturated heterocycles. The fraction of sp³-hybridized carbons (Fsp3) is 0.200. The summed E-state index contributed by atoms with van der Waals surface area (Å²) in [5.74, 6) is -4.16. The highest BCUT2D eigenvalue weighted by molar-refractivity contribution is 9.10. The molecule has 228 valence electrons. The third kappa shape index (κ3) is 6.59. The van der Waals surface area contributed by atoms with E-state index in [0.29, 0.717) is 6.07 Å². The number of alkyl halides is 10. The van der Waals surface area contributed by atoms with Crippen LogP contribution in [0.3, 0.4) is 0 Å². The highest BCUT2D eigenvalue weighted by atomic mass is 79.9. The molecule has 3 rings (SSSR count). The maximum Gasteiger partial charge on any atom is 0.435 e. The zero-order valence-electron chi connectivity index (χ0n) is 20.4. The molecule has 2 aromatic carbocycles. The largest absolute Gasteiger partial charge is 0.435 e. The van der Waals surface area contributed by atoms with Crippen LogP contribution in [0.4, 0.5) is 54.0 Å². The van der Waals surface area contributed by atoms with E-state index in [1.165, 1.54) is 12.1 Å². The number of hydrogen-bond acceptors (Lipinski definition) is 4. The van der Waals surface area contributed by atoms with Gasteiger partial charge in [-0.2, -0.15) is 44.8 Å². The summed E-state index contributed by atoms with van der Waals surface area (Å²) in [4.78, 5) is 29.1. The third-order valence-electron chi connectivity index (χ3n) is 5.81. The molecule has 0 aliphatic carbocycles. The summed E-state index contributed by atoms with van der Waals surface area (Å²) in [6, 6.07) is 4.39. The number of benzene rings is 2. The summed E-state index contributed by atoms with van der Waals surface area (Å²) in [5.41, 5.74) is -14.8. The predicted molar refractivity (Wildman–Crippen MR) is 130 cm³/mol. The Hall–Kier alpha value is -3.78. The second-order valence-electron chi connectivity index (χ2n) is 8.52. The minimum atomic E-state index is -6.74. The number of halogens is 13. The summed E-state index contributed by atoms with van der Waals surface area (Å²) in [6.45, 7) is 0. The van der Waals surface area contributed by atoms with E-state index in [4.69, 9.17) is 11.6 Å². The van der Waals surface area contributed by atoms with Gasteiger partial charge in [0.2, 0.25) is 0 Å². The Labute approximate surface area is 246 Å². The van der Waals surface area contributed by atoms with Crippen LogP contribution >= 0.6 is 27.5 Å². The number of carbonyl (C=O) groups excluding carboxylic acids is 2. The maximum atomic E-state index is 15.4. The smallest absolute Gasteiger partial charge is 0.318 e. The van der Waals surface area contributed by atoms with Gasteiger partial charge in [-0.25, -0.2) is 13.8 Å². The topological polar surface area (TPSA) is 82.9 Å². The van der Waals surface area contributed by atoms with Crippen LogP contribution in [0.5, 0.6) is 0 Å². The van der Waals surface area contributed by atoms with E-state index in [2.05, 4.69) is 20.9 Å². The van der Waals surface area contributed by atoms with Crippen molar-refractivity contribution in [1.82, 2.24) is 4.98 Å². The number of anilines is 1. The summed E-state index contributed by atoms with van der Waals surface area (Å²) >= 11 is 7.99. The number of ketones is 1. The Morgan fingerprint density at radius 3 is 2.05 bits per heavy atom. The molecular formula is C25H10BrClF11N3O2. The standard InChI is InChI=1S/C25H10BrClF11N3O2/c26-16-6-12(22(29,24(33,34)35)25(36,37)38)5-15(23(30,31)32)14(16)7-17(42)13-3-1-10(8-39)20(19(13)28)41-21(43)11-2-4-18(27)40-9-11/h1-6,9H,7H2,(H,41,43). The lowest BCUT2D eigenvalue weighted by molar-refractivity contribution is -0.348. The van der Waals surface area contributed by atoms with Gasteiger partial charge < -0.3 is 5.32 Å². The fourth-order valence-electron chi connectivity index (χ4n) is 3.71. The Morgan fingerprint density at radius 2 is 1.56 bits per heavy atom. The monoisotopic (exact) mass is 707 g/mol. The Balaban J connectivity index is 2.10. The number of hydrogen-bond donors (Lipinski definition) is 1. The molecular weight excluding hydrogens is 699 g/mol. The van der Waals surface area contributed by atoms with E-state index in [1.54, 1.807) is 0 Å². The van der Waals surface area contributed by atoms with Crippen molar-refractivity contribution in [3.63, 3.8) is 0 Å². The molecule has 1 N–H and O–H groups in total. The van der Waals surface area contributed by atoms with Crippen LogP contribution in [0.25, 0.3) is 0 Å². The lowest BCUT2D eigenvalue weighted by atomic mass is 9.89. The number of carbonyl (C=O) groups is 2. The van der Waals surface area contributed by atoms with E-state index in [9.17, 15) is 58.8 Å². The predicted octanol–water partition coefficient (Wildman–Crippen LogP) is 8.49. The number of rotatable bonds is 6. The second kappa shape index (κ2) is 11.7. The lowest BCUT2D eigenvalue weighted by Gasteiger charge is -2.31. The Morgan fingerprint density at radius 1 is 0.953 bits per heavy atom. The number of nitrogens with zero attached hydrogens (tertiary/aromatic N) is 2. The molecule has 0 aliphatic heterocycles. The molecule has 18 heteroatoms. The van der Waals surface area contributed by atoms with Crippen molar-refractivity contribution >= 4 is 44.9 Å². The molecule has 3 aromatic rings. The zero-order valence-corrected chi connectivity index (χ0v) is 22.7. The van der Waals surface area contributed by atoms with Crippen molar-refractivity contribution in [2.75, 3.05) is 5.32 Å². The molecule has 0 fully saturated rings. The normalized spacial score (nSPS) is 12.6. The first-order chi connectivity index (χ1) is 19.6. The van der Waals surface area contributed by atoms with Gasteiger partial charge in [0.15, 0.2) is 11.6 Å². The molecule has 1 amide bonds. The third-order valence-corrected chi connectivity index (χ3v) is 6.74. The summed E-state index contributed by atoms with van der Waals surface area (Å²) < 4.78 is 149. The Kier molecular flexibility index (Phi) is 9.19. The molecule has 0 spiro atoms. The van der Waals surface area contributed by atoms with E-state index < -0.39 is 92.2 Å². The van der Waals surface area contributed by atoms with Crippen LogP contribution in [0.2, 0.25) is 5.15 Å². The first-order valence-corrected chi connectivity index (χ1v) is 12.2. The van der Waals surface area contributed by atoms with E-state index in [0.717, 1.165) is 18.3 Å². The number of aromatic nitrogens is 1. The van der Waals surface area contributed by atoms with Crippen LogP contribution in [0.15, 0.2) is 47.1 Å². The van der Waals surface area contributed by atoms with Crippen LogP contribution in [0.1, 0.15) is 43.0 Å². The molecule has 0 atom stereocenters. The van der Waals surface area contributed by atoms with Gasteiger partial charge in [0.05, 0.1) is 27.9 Å². The summed E-state index contributed by atoms with van der Waals surface area (Å²) in [7, 11) is 0. The van der Waals surface area contributed by atoms with Crippen molar-refractivity contribution in [1.29, 1.82) is 5.26 Å². The molecule has 5 nitrogen and oxygen atoms in total. The molecule has 1 heterocycles. The molecule has 0 aliphatic rings. The quantitative estimate of drug-likeness (QED) is 0.158. The minimum absolute atomic E-state index is 0.0144. The number of Topliss-reactive ketones (excluding diaryl/α,β-unsaturated/α-hetero) is 1. The molecule has 1 aromatic heterocycles. The average molecular weight is 709 g/mol. The highest BCUT2D eigenvalue weighted by Crippen LogP contribution is 2.54. The van der Waals surface area contributed by atoms with Crippen LogP contribution in [-0.2, 0) is 18.3 Å². The molecule has 0 saturated carbocycles. The number of amides is 1. The van der Waals surface area contributed by atoms with Crippen molar-refractivity contribution in [3.8, 4) is 6.07 Å². The van der Waals surface area contributed by atoms with Crippen LogP contribution in [0, 0.1) is 17.1 Å². The van der Waals surface area contributed by atoms with Gasteiger partial charge in [-0.15, -0.1) is 0 Å². The zero-order chi connectivity index (χ0) is 32.7. The summed E-state index contributed by atoms with van der Waals surface area (Å²) in [6.07, 6.45) is -19.7. The fourth-order valence-corrected chi connectivity index (χ4v) is 4.43. The highest BCUT2D eigenvalue weighted by Gasteiger charge is 2.73. The number of nitriles is 1. The first kappa shape index (κ1) is 33.7. The van der Waals surface area contributed by atoms with Gasteiger partial charge in [-0.05, 0) is 42.0 Å². The van der Waals surface area contributed by atoms with Gasteiger partial charge in [0.25, 0.3) is 5.91 Å². The number of nitrogens with one attached hydrogen (secondary N) is 1. The lowest BCUT2D eigenvalue weighted by Crippen LogP contribution is -2.50.